The lowest BCUT2D eigenvalue weighted by Gasteiger charge is -2.11. The molecule has 2 nitrogen and oxygen atoms in total. The molecule has 0 saturated carbocycles. The molecule has 1 heterocycles. The van der Waals surface area contributed by atoms with Crippen molar-refractivity contribution in [3.63, 3.8) is 0 Å². The molecule has 6 heteroatoms. The first-order valence-corrected chi connectivity index (χ1v) is 6.51. The first kappa shape index (κ1) is 13.7. The van der Waals surface area contributed by atoms with Crippen molar-refractivity contribution in [1.82, 2.24) is 0 Å². The van der Waals surface area contributed by atoms with E-state index < -0.39 is 11.7 Å². The smallest absolute Gasteiger partial charge is 0.416 e. The van der Waals surface area contributed by atoms with E-state index in [2.05, 4.69) is 0 Å². The van der Waals surface area contributed by atoms with Gasteiger partial charge in [-0.1, -0.05) is 0 Å². The summed E-state index contributed by atoms with van der Waals surface area (Å²) < 4.78 is 42.7. The van der Waals surface area contributed by atoms with Gasteiger partial charge in [-0.3, -0.25) is 0 Å². The number of ether oxygens (including phenoxy) is 1. The lowest BCUT2D eigenvalue weighted by molar-refractivity contribution is -0.137. The van der Waals surface area contributed by atoms with Crippen LogP contribution in [0.2, 0.25) is 0 Å². The molecule has 0 saturated heterocycles. The Balaban J connectivity index is 1.97. The second kappa shape index (κ2) is 5.52. The summed E-state index contributed by atoms with van der Waals surface area (Å²) in [5.41, 5.74) is 5.92. The fourth-order valence-electron chi connectivity index (χ4n) is 1.57. The maximum absolute atomic E-state index is 12.4. The predicted octanol–water partition coefficient (Wildman–Crippen LogP) is 3.97. The molecule has 0 bridgehead atoms. The summed E-state index contributed by atoms with van der Waals surface area (Å²) in [6.07, 6.45) is -3.69. The van der Waals surface area contributed by atoms with Gasteiger partial charge in [-0.25, -0.2) is 0 Å². The van der Waals surface area contributed by atoms with Crippen LogP contribution in [0.25, 0.3) is 0 Å². The van der Waals surface area contributed by atoms with Crippen LogP contribution in [0.4, 0.5) is 18.9 Å². The Bertz CT molecular complexity index is 537. The average Bonchev–Trinajstić information content (AvgIpc) is 2.83. The van der Waals surface area contributed by atoms with Crippen molar-refractivity contribution in [3.05, 3.63) is 46.2 Å². The van der Waals surface area contributed by atoms with E-state index in [1.807, 2.05) is 16.8 Å². The molecule has 0 spiro atoms. The minimum absolute atomic E-state index is 0.000133. The second-order valence-electron chi connectivity index (χ2n) is 3.98. The highest BCUT2D eigenvalue weighted by atomic mass is 32.1. The first-order valence-electron chi connectivity index (χ1n) is 5.57. The molecular formula is C13H12F3NOS. The molecule has 2 aromatic rings. The van der Waals surface area contributed by atoms with Crippen LogP contribution >= 0.6 is 11.3 Å². The quantitative estimate of drug-likeness (QED) is 0.864. The van der Waals surface area contributed by atoms with Gasteiger partial charge in [0.1, 0.15) is 5.75 Å². The van der Waals surface area contributed by atoms with Gasteiger partial charge in [0.25, 0.3) is 0 Å². The predicted molar refractivity (Wildman–Crippen MR) is 69.4 cm³/mol. The molecule has 0 radical (unpaired) electrons. The molecule has 0 amide bonds. The van der Waals surface area contributed by atoms with Crippen molar-refractivity contribution in [1.29, 1.82) is 0 Å². The fraction of sp³-hybridized carbons (Fsp3) is 0.231. The van der Waals surface area contributed by atoms with Crippen LogP contribution in [0.1, 0.15) is 11.1 Å². The number of anilines is 1. The zero-order valence-corrected chi connectivity index (χ0v) is 10.7. The number of hydrogen-bond donors (Lipinski definition) is 1. The van der Waals surface area contributed by atoms with Gasteiger partial charge >= 0.3 is 6.18 Å². The minimum atomic E-state index is -4.39. The van der Waals surface area contributed by atoms with Crippen LogP contribution < -0.4 is 10.5 Å². The number of thiophene rings is 1. The van der Waals surface area contributed by atoms with Crippen LogP contribution in [0.15, 0.2) is 35.0 Å². The molecule has 0 atom stereocenters. The normalized spacial score (nSPS) is 11.5. The molecule has 0 aliphatic carbocycles. The summed E-state index contributed by atoms with van der Waals surface area (Å²) in [6, 6.07) is 5.09. The SMILES string of the molecule is Nc1cc(C(F)(F)F)ccc1OCCc1ccsc1. The van der Waals surface area contributed by atoms with E-state index in [0.717, 1.165) is 17.7 Å². The molecule has 19 heavy (non-hydrogen) atoms. The molecule has 2 N–H and O–H groups in total. The molecule has 0 aliphatic rings. The summed E-state index contributed by atoms with van der Waals surface area (Å²) in [5.74, 6) is 0.281. The van der Waals surface area contributed by atoms with Gasteiger partial charge in [-0.2, -0.15) is 24.5 Å². The molecule has 102 valence electrons. The third kappa shape index (κ3) is 3.64. The highest BCUT2D eigenvalue weighted by Crippen LogP contribution is 2.33. The summed E-state index contributed by atoms with van der Waals surface area (Å²) in [6.45, 7) is 0.381. The maximum Gasteiger partial charge on any atom is 0.416 e. The van der Waals surface area contributed by atoms with Gasteiger partial charge in [-0.15, -0.1) is 0 Å². The highest BCUT2D eigenvalue weighted by Gasteiger charge is 2.30. The van der Waals surface area contributed by atoms with Crippen molar-refractivity contribution in [2.75, 3.05) is 12.3 Å². The van der Waals surface area contributed by atoms with Crippen LogP contribution in [0, 0.1) is 0 Å². The van der Waals surface area contributed by atoms with E-state index in [1.54, 1.807) is 11.3 Å². The monoisotopic (exact) mass is 287 g/mol. The van der Waals surface area contributed by atoms with Gasteiger partial charge in [0.05, 0.1) is 17.9 Å². The topological polar surface area (TPSA) is 35.2 Å². The molecule has 0 unspecified atom stereocenters. The average molecular weight is 287 g/mol. The van der Waals surface area contributed by atoms with Gasteiger partial charge in [0.2, 0.25) is 0 Å². The van der Waals surface area contributed by atoms with Crippen LogP contribution in [0.5, 0.6) is 5.75 Å². The van der Waals surface area contributed by atoms with Crippen molar-refractivity contribution in [3.8, 4) is 5.75 Å². The van der Waals surface area contributed by atoms with E-state index in [1.165, 1.54) is 6.07 Å². The van der Waals surface area contributed by atoms with Gasteiger partial charge in [0.15, 0.2) is 0 Å². The van der Waals surface area contributed by atoms with Crippen molar-refractivity contribution in [2.24, 2.45) is 0 Å². The number of halogens is 3. The Morgan fingerprint density at radius 3 is 2.58 bits per heavy atom. The summed E-state index contributed by atoms with van der Waals surface area (Å²) in [7, 11) is 0. The molecule has 1 aromatic carbocycles. The van der Waals surface area contributed by atoms with Crippen molar-refractivity contribution < 1.29 is 17.9 Å². The molecule has 0 aliphatic heterocycles. The molecule has 0 fully saturated rings. The molecule has 2 rings (SSSR count). The summed E-state index contributed by atoms with van der Waals surface area (Å²) >= 11 is 1.59. The molecule has 1 aromatic heterocycles. The molecular weight excluding hydrogens is 275 g/mol. The van der Waals surface area contributed by atoms with E-state index in [9.17, 15) is 13.2 Å². The Hall–Kier alpha value is -1.69. The van der Waals surface area contributed by atoms with Crippen LogP contribution in [-0.4, -0.2) is 6.61 Å². The van der Waals surface area contributed by atoms with Gasteiger partial charge in [0, 0.05) is 6.42 Å². The van der Waals surface area contributed by atoms with E-state index in [4.69, 9.17) is 10.5 Å². The zero-order chi connectivity index (χ0) is 13.9. The fourth-order valence-corrected chi connectivity index (χ4v) is 2.27. The number of nitrogen functional groups attached to an aromatic ring is 1. The largest absolute Gasteiger partial charge is 0.491 e. The van der Waals surface area contributed by atoms with E-state index in [0.29, 0.717) is 13.0 Å². The van der Waals surface area contributed by atoms with Gasteiger partial charge in [-0.05, 0) is 40.6 Å². The van der Waals surface area contributed by atoms with Crippen molar-refractivity contribution >= 4 is 17.0 Å². The van der Waals surface area contributed by atoms with E-state index in [-0.39, 0.29) is 11.4 Å². The lowest BCUT2D eigenvalue weighted by Crippen LogP contribution is -2.07. The van der Waals surface area contributed by atoms with Crippen molar-refractivity contribution in [2.45, 2.75) is 12.6 Å². The Morgan fingerprint density at radius 2 is 2.00 bits per heavy atom. The third-order valence-corrected chi connectivity index (χ3v) is 3.30. The Kier molecular flexibility index (Phi) is 3.99. The summed E-state index contributed by atoms with van der Waals surface area (Å²) in [4.78, 5) is 0. The third-order valence-electron chi connectivity index (χ3n) is 2.57. The summed E-state index contributed by atoms with van der Waals surface area (Å²) in [5, 5.41) is 3.96. The number of hydrogen-bond acceptors (Lipinski definition) is 3. The second-order valence-corrected chi connectivity index (χ2v) is 4.76. The highest BCUT2D eigenvalue weighted by molar-refractivity contribution is 7.07. The number of nitrogens with two attached hydrogens (primary N) is 1. The minimum Gasteiger partial charge on any atom is -0.491 e. The number of alkyl halides is 3. The van der Waals surface area contributed by atoms with Crippen LogP contribution in [0.3, 0.4) is 0 Å². The Morgan fingerprint density at radius 1 is 1.21 bits per heavy atom. The first-order chi connectivity index (χ1) is 8.97. The standard InChI is InChI=1S/C13H12F3NOS/c14-13(15,16)10-1-2-12(11(17)7-10)18-5-3-9-4-6-19-8-9/h1-2,4,6-8H,3,5,17H2. The lowest BCUT2D eigenvalue weighted by atomic mass is 10.2. The number of rotatable bonds is 4. The van der Waals surface area contributed by atoms with E-state index >= 15 is 0 Å². The number of benzene rings is 1. The maximum atomic E-state index is 12.4. The van der Waals surface area contributed by atoms with Gasteiger partial charge < -0.3 is 10.5 Å². The van der Waals surface area contributed by atoms with Crippen LogP contribution in [-0.2, 0) is 12.6 Å². The zero-order valence-electron chi connectivity index (χ0n) is 9.91. The Labute approximate surface area is 112 Å².